The van der Waals surface area contributed by atoms with Crippen LogP contribution in [0, 0.1) is 0 Å². The molecule has 9 heteroatoms. The molecule has 1 saturated heterocycles. The van der Waals surface area contributed by atoms with Crippen LogP contribution in [0.3, 0.4) is 0 Å². The maximum atomic E-state index is 12.7. The van der Waals surface area contributed by atoms with Crippen LogP contribution in [0.1, 0.15) is 37.9 Å². The van der Waals surface area contributed by atoms with Crippen molar-refractivity contribution in [1.82, 2.24) is 20.2 Å². The topological polar surface area (TPSA) is 130 Å². The molecule has 2 atom stereocenters. The van der Waals surface area contributed by atoms with Crippen molar-refractivity contribution in [3.63, 3.8) is 0 Å². The fraction of sp³-hybridized carbons (Fsp3) is 0.455. The molecule has 0 spiro atoms. The molecule has 0 saturated carbocycles. The fourth-order valence-corrected chi connectivity index (χ4v) is 3.30. The molecular weight excluding hydrogens is 398 g/mol. The number of benzene rings is 1. The van der Waals surface area contributed by atoms with Gasteiger partial charge in [0.2, 0.25) is 11.8 Å². The summed E-state index contributed by atoms with van der Waals surface area (Å²) in [5, 5.41) is 2.57. The smallest absolute Gasteiger partial charge is 0.325 e. The number of H-pyrrole nitrogens is 1. The van der Waals surface area contributed by atoms with Gasteiger partial charge in [0.15, 0.2) is 0 Å². The molecule has 1 aromatic heterocycles. The van der Waals surface area contributed by atoms with Gasteiger partial charge in [-0.25, -0.2) is 4.98 Å². The Morgan fingerprint density at radius 3 is 2.71 bits per heavy atom. The summed E-state index contributed by atoms with van der Waals surface area (Å²) in [6, 6.07) is 7.89. The predicted molar refractivity (Wildman–Crippen MR) is 116 cm³/mol. The van der Waals surface area contributed by atoms with Crippen LogP contribution in [-0.4, -0.2) is 57.8 Å². The van der Waals surface area contributed by atoms with Crippen molar-refractivity contribution in [1.29, 1.82) is 0 Å². The molecule has 2 heterocycles. The largest absolute Gasteiger partial charge is 0.460 e. The van der Waals surface area contributed by atoms with Gasteiger partial charge in [-0.2, -0.15) is 0 Å². The molecule has 1 fully saturated rings. The number of nitrogens with zero attached hydrogens (tertiary/aromatic N) is 2. The number of hydrogen-bond donors (Lipinski definition) is 3. The molecule has 2 amide bonds. The van der Waals surface area contributed by atoms with Gasteiger partial charge < -0.3 is 25.7 Å². The van der Waals surface area contributed by atoms with Crippen LogP contribution in [0.4, 0.5) is 0 Å². The van der Waals surface area contributed by atoms with Crippen molar-refractivity contribution in [2.24, 2.45) is 5.73 Å². The molecule has 1 unspecified atom stereocenters. The Bertz CT molecular complexity index is 826. The summed E-state index contributed by atoms with van der Waals surface area (Å²) >= 11 is 0. The number of aromatic amines is 1. The Labute approximate surface area is 182 Å². The summed E-state index contributed by atoms with van der Waals surface area (Å²) in [6.07, 6.45) is 4.69. The van der Waals surface area contributed by atoms with E-state index in [1.54, 1.807) is 6.20 Å². The first-order valence-corrected chi connectivity index (χ1v) is 10.5. The predicted octanol–water partition coefficient (Wildman–Crippen LogP) is 1.16. The first-order valence-electron chi connectivity index (χ1n) is 10.5. The number of nitrogens with two attached hydrogens (primary N) is 1. The minimum absolute atomic E-state index is 0.145. The van der Waals surface area contributed by atoms with Crippen molar-refractivity contribution in [3.8, 4) is 0 Å². The lowest BCUT2D eigenvalue weighted by Gasteiger charge is -2.26. The summed E-state index contributed by atoms with van der Waals surface area (Å²) in [6.45, 7) is 4.36. The van der Waals surface area contributed by atoms with Gasteiger partial charge in [0.25, 0.3) is 0 Å². The second kappa shape index (κ2) is 12.5. The highest BCUT2D eigenvalue weighted by Gasteiger charge is 2.36. The van der Waals surface area contributed by atoms with Crippen molar-refractivity contribution >= 4 is 17.8 Å². The molecule has 31 heavy (non-hydrogen) atoms. The maximum Gasteiger partial charge on any atom is 0.325 e. The summed E-state index contributed by atoms with van der Waals surface area (Å²) in [4.78, 5) is 45.4. The van der Waals surface area contributed by atoms with E-state index in [9.17, 15) is 14.4 Å². The molecule has 1 aliphatic heterocycles. The van der Waals surface area contributed by atoms with Gasteiger partial charge in [0.05, 0.1) is 12.4 Å². The first-order chi connectivity index (χ1) is 15.0. The number of carbonyl (C=O) groups is 3. The van der Waals surface area contributed by atoms with Gasteiger partial charge in [-0.05, 0) is 18.4 Å². The third-order valence-electron chi connectivity index (χ3n) is 4.80. The number of ether oxygens (including phenoxy) is 1. The number of likely N-dealkylation sites (tertiary alicyclic amines) is 1. The van der Waals surface area contributed by atoms with Crippen LogP contribution in [0.15, 0.2) is 42.9 Å². The number of carbonyl (C=O) groups excluding carboxylic acids is 3. The SMILES string of the molecule is CC.N[C@@H](Cc1cnc[nH]1)C(=O)N1CCCC1C(=O)NCC(=O)OCc1ccccc1. The van der Waals surface area contributed by atoms with Crippen LogP contribution in [0.5, 0.6) is 0 Å². The second-order valence-corrected chi connectivity index (χ2v) is 6.94. The van der Waals surface area contributed by atoms with Crippen LogP contribution < -0.4 is 11.1 Å². The minimum atomic E-state index is -0.764. The molecule has 0 aliphatic carbocycles. The summed E-state index contributed by atoms with van der Waals surface area (Å²) < 4.78 is 5.15. The Morgan fingerprint density at radius 2 is 2.03 bits per heavy atom. The Hall–Kier alpha value is -3.20. The fourth-order valence-electron chi connectivity index (χ4n) is 3.30. The third-order valence-corrected chi connectivity index (χ3v) is 4.80. The van der Waals surface area contributed by atoms with Crippen molar-refractivity contribution in [2.45, 2.75) is 51.8 Å². The Kier molecular flexibility index (Phi) is 9.70. The average Bonchev–Trinajstić information content (AvgIpc) is 3.50. The van der Waals surface area contributed by atoms with Crippen LogP contribution in [0.25, 0.3) is 0 Å². The lowest BCUT2D eigenvalue weighted by atomic mass is 10.1. The first kappa shape index (κ1) is 24.1. The van der Waals surface area contributed by atoms with Crippen molar-refractivity contribution in [3.05, 3.63) is 54.1 Å². The standard InChI is InChI=1S/C20H25N5O4.C2H6/c21-16(9-15-10-22-13-24-15)20(28)25-8-4-7-17(25)19(27)23-11-18(26)29-12-14-5-2-1-3-6-14;1-2/h1-3,5-6,10,13,16-17H,4,7-9,11-12,21H2,(H,22,24)(H,23,27);1-2H3/t16-,17?;/m0./s1. The van der Waals surface area contributed by atoms with E-state index in [4.69, 9.17) is 10.5 Å². The van der Waals surface area contributed by atoms with Crippen molar-refractivity contribution in [2.75, 3.05) is 13.1 Å². The number of rotatable bonds is 8. The highest BCUT2D eigenvalue weighted by Crippen LogP contribution is 2.19. The van der Waals surface area contributed by atoms with E-state index in [1.165, 1.54) is 11.2 Å². The zero-order valence-corrected chi connectivity index (χ0v) is 18.0. The molecule has 0 bridgehead atoms. The number of amides is 2. The van der Waals surface area contributed by atoms with Crippen LogP contribution in [0.2, 0.25) is 0 Å². The van der Waals surface area contributed by atoms with Gasteiger partial charge >= 0.3 is 5.97 Å². The van der Waals surface area contributed by atoms with Gasteiger partial charge in [0.1, 0.15) is 19.2 Å². The number of imidazole rings is 1. The van der Waals surface area contributed by atoms with Gasteiger partial charge in [-0.15, -0.1) is 0 Å². The highest BCUT2D eigenvalue weighted by atomic mass is 16.5. The Morgan fingerprint density at radius 1 is 1.29 bits per heavy atom. The molecule has 1 aromatic carbocycles. The summed E-state index contributed by atoms with van der Waals surface area (Å²) in [5.41, 5.74) is 7.65. The number of hydrogen-bond acceptors (Lipinski definition) is 6. The quantitative estimate of drug-likeness (QED) is 0.540. The van der Waals surface area contributed by atoms with Gasteiger partial charge in [0, 0.05) is 24.9 Å². The van der Waals surface area contributed by atoms with Gasteiger partial charge in [-0.1, -0.05) is 44.2 Å². The summed E-state index contributed by atoms with van der Waals surface area (Å²) in [5.74, 6) is -1.20. The molecule has 1 aliphatic rings. The molecular formula is C22H31N5O4. The minimum Gasteiger partial charge on any atom is -0.460 e. The molecule has 9 nitrogen and oxygen atoms in total. The van der Waals surface area contributed by atoms with E-state index in [0.29, 0.717) is 25.8 Å². The Balaban J connectivity index is 0.00000166. The van der Waals surface area contributed by atoms with Gasteiger partial charge in [-0.3, -0.25) is 14.4 Å². The zero-order valence-electron chi connectivity index (χ0n) is 18.0. The van der Waals surface area contributed by atoms with E-state index < -0.39 is 18.1 Å². The molecule has 3 rings (SSSR count). The van der Waals surface area contributed by atoms with E-state index in [1.807, 2.05) is 44.2 Å². The number of aromatic nitrogens is 2. The average molecular weight is 430 g/mol. The van der Waals surface area contributed by atoms with Crippen LogP contribution >= 0.6 is 0 Å². The lowest BCUT2D eigenvalue weighted by Crippen LogP contribution is -2.52. The number of esters is 1. The molecule has 0 radical (unpaired) electrons. The molecule has 168 valence electrons. The van der Waals surface area contributed by atoms with E-state index in [2.05, 4.69) is 15.3 Å². The number of nitrogens with one attached hydrogen (secondary N) is 2. The van der Waals surface area contributed by atoms with E-state index in [-0.39, 0.29) is 25.0 Å². The molecule has 2 aromatic rings. The normalized spacial score (nSPS) is 16.1. The summed E-state index contributed by atoms with van der Waals surface area (Å²) in [7, 11) is 0. The van der Waals surface area contributed by atoms with Crippen LogP contribution in [-0.2, 0) is 32.1 Å². The second-order valence-electron chi connectivity index (χ2n) is 6.94. The third kappa shape index (κ3) is 7.21. The lowest BCUT2D eigenvalue weighted by molar-refractivity contribution is -0.146. The van der Waals surface area contributed by atoms with E-state index in [0.717, 1.165) is 11.3 Å². The highest BCUT2D eigenvalue weighted by molar-refractivity contribution is 5.91. The monoisotopic (exact) mass is 429 g/mol. The van der Waals surface area contributed by atoms with Crippen molar-refractivity contribution < 1.29 is 19.1 Å². The molecule has 4 N–H and O–H groups in total. The zero-order chi connectivity index (χ0) is 22.6. The maximum absolute atomic E-state index is 12.7. The van der Waals surface area contributed by atoms with E-state index >= 15 is 0 Å².